The highest BCUT2D eigenvalue weighted by Crippen LogP contribution is 2.41. The Kier molecular flexibility index (Phi) is 2.41. The molecule has 3 rings (SSSR count). The molecule has 0 aliphatic carbocycles. The number of para-hydroxylation sites is 1. The lowest BCUT2D eigenvalue weighted by Gasteiger charge is -2.53. The van der Waals surface area contributed by atoms with Gasteiger partial charge in [-0.15, -0.1) is 0 Å². The second kappa shape index (κ2) is 3.70. The van der Waals surface area contributed by atoms with Crippen LogP contribution in [0.5, 0.6) is 0 Å². The molecule has 2 aliphatic heterocycles. The fraction of sp³-hybridized carbons (Fsp3) is 0.429. The van der Waals surface area contributed by atoms with Gasteiger partial charge in [-0.25, -0.2) is 4.79 Å². The number of thiocarbonyl (C=S) groups is 1. The number of esters is 1. The van der Waals surface area contributed by atoms with Crippen molar-refractivity contribution in [2.24, 2.45) is 0 Å². The van der Waals surface area contributed by atoms with Gasteiger partial charge < -0.3 is 10.1 Å². The van der Waals surface area contributed by atoms with Gasteiger partial charge in [0, 0.05) is 12.0 Å². The van der Waals surface area contributed by atoms with Gasteiger partial charge in [0.15, 0.2) is 10.8 Å². The Morgan fingerprint density at radius 2 is 2.00 bits per heavy atom. The second-order valence-corrected chi connectivity index (χ2v) is 6.29. The summed E-state index contributed by atoms with van der Waals surface area (Å²) in [6.07, 6.45) is 0.667. The first-order valence-corrected chi connectivity index (χ1v) is 6.68. The van der Waals surface area contributed by atoms with E-state index in [1.165, 1.54) is 0 Å². The van der Waals surface area contributed by atoms with Crippen LogP contribution in [0.3, 0.4) is 0 Å². The number of carbonyl (C=O) groups excluding carboxylic acids is 1. The topological polar surface area (TPSA) is 41.6 Å². The quantitative estimate of drug-likeness (QED) is 0.582. The highest BCUT2D eigenvalue weighted by Gasteiger charge is 2.51. The van der Waals surface area contributed by atoms with Crippen molar-refractivity contribution in [3.05, 3.63) is 29.8 Å². The summed E-state index contributed by atoms with van der Waals surface area (Å²) in [5, 5.41) is 3.90. The van der Waals surface area contributed by atoms with Gasteiger partial charge in [-0.1, -0.05) is 12.1 Å². The van der Waals surface area contributed by atoms with Gasteiger partial charge in [0.2, 0.25) is 0 Å². The Labute approximate surface area is 117 Å². The van der Waals surface area contributed by atoms with Gasteiger partial charge in [0.05, 0.1) is 11.3 Å². The minimum absolute atomic E-state index is 0.200. The maximum atomic E-state index is 12.2. The van der Waals surface area contributed by atoms with Gasteiger partial charge in [-0.05, 0) is 45.1 Å². The van der Waals surface area contributed by atoms with E-state index < -0.39 is 5.72 Å². The third-order valence-corrected chi connectivity index (χ3v) is 3.85. The number of nitrogens with zero attached hydrogens (tertiary/aromatic N) is 1. The lowest BCUT2D eigenvalue weighted by Crippen LogP contribution is -2.69. The Morgan fingerprint density at radius 1 is 1.32 bits per heavy atom. The lowest BCUT2D eigenvalue weighted by molar-refractivity contribution is -0.0276. The first-order chi connectivity index (χ1) is 8.82. The summed E-state index contributed by atoms with van der Waals surface area (Å²) in [6.45, 7) is 6.02. The van der Waals surface area contributed by atoms with E-state index in [0.29, 0.717) is 17.1 Å². The number of fused-ring (bicyclic) bond motifs is 3. The molecule has 0 radical (unpaired) electrons. The van der Waals surface area contributed by atoms with E-state index in [2.05, 4.69) is 19.2 Å². The number of rotatable bonds is 0. The number of anilines is 1. The SMILES string of the molecule is CC1(C)C[C@@]2(C)OC(=O)c3ccccc3N2C(=S)N1. The van der Waals surface area contributed by atoms with Crippen LogP contribution in [-0.4, -0.2) is 22.3 Å². The molecule has 1 saturated heterocycles. The van der Waals surface area contributed by atoms with Crippen LogP contribution in [0.2, 0.25) is 0 Å². The maximum absolute atomic E-state index is 12.2. The summed E-state index contributed by atoms with van der Waals surface area (Å²) < 4.78 is 5.67. The first kappa shape index (κ1) is 12.4. The zero-order valence-corrected chi connectivity index (χ0v) is 12.0. The molecule has 0 saturated carbocycles. The molecule has 4 nitrogen and oxygen atoms in total. The van der Waals surface area contributed by atoms with Crippen LogP contribution < -0.4 is 10.2 Å². The average molecular weight is 276 g/mol. The van der Waals surface area contributed by atoms with Crippen molar-refractivity contribution in [3.8, 4) is 0 Å². The number of nitrogens with one attached hydrogen (secondary N) is 1. The summed E-state index contributed by atoms with van der Waals surface area (Å²) in [5.41, 5.74) is 0.449. The van der Waals surface area contributed by atoms with Crippen molar-refractivity contribution in [1.82, 2.24) is 5.32 Å². The summed E-state index contributed by atoms with van der Waals surface area (Å²) in [6, 6.07) is 7.40. The third-order valence-electron chi connectivity index (χ3n) is 3.57. The Bertz CT molecular complexity index is 585. The van der Waals surface area contributed by atoms with Crippen molar-refractivity contribution >= 4 is 29.0 Å². The number of hydrogen-bond donors (Lipinski definition) is 1. The molecule has 5 heteroatoms. The van der Waals surface area contributed by atoms with E-state index in [0.717, 1.165) is 5.69 Å². The Hall–Kier alpha value is -1.62. The van der Waals surface area contributed by atoms with Crippen molar-refractivity contribution in [3.63, 3.8) is 0 Å². The van der Waals surface area contributed by atoms with E-state index in [9.17, 15) is 4.79 Å². The van der Waals surface area contributed by atoms with Crippen LogP contribution in [0.1, 0.15) is 37.6 Å². The predicted molar refractivity (Wildman–Crippen MR) is 77.2 cm³/mol. The van der Waals surface area contributed by atoms with Crippen LogP contribution in [0.25, 0.3) is 0 Å². The second-order valence-electron chi connectivity index (χ2n) is 5.91. The van der Waals surface area contributed by atoms with E-state index in [1.807, 2.05) is 30.0 Å². The van der Waals surface area contributed by atoms with E-state index in [-0.39, 0.29) is 11.5 Å². The summed E-state index contributed by atoms with van der Waals surface area (Å²) >= 11 is 5.46. The molecule has 0 unspecified atom stereocenters. The zero-order chi connectivity index (χ0) is 13.8. The van der Waals surface area contributed by atoms with Crippen LogP contribution in [-0.2, 0) is 4.74 Å². The van der Waals surface area contributed by atoms with Crippen LogP contribution in [0, 0.1) is 0 Å². The van der Waals surface area contributed by atoms with Crippen LogP contribution in [0.15, 0.2) is 24.3 Å². The maximum Gasteiger partial charge on any atom is 0.342 e. The molecule has 0 aromatic heterocycles. The predicted octanol–water partition coefficient (Wildman–Crippen LogP) is 2.44. The fourth-order valence-electron chi connectivity index (χ4n) is 3.05. The van der Waals surface area contributed by atoms with Gasteiger partial charge in [0.1, 0.15) is 0 Å². The molecule has 19 heavy (non-hydrogen) atoms. The zero-order valence-electron chi connectivity index (χ0n) is 11.2. The standard InChI is InChI=1S/C14H16N2O2S/c1-13(2)8-14(3)16(12(19)15-13)10-7-5-4-6-9(10)11(17)18-14/h4-7H,8H2,1-3H3,(H,15,19)/t14-/m1/s1. The molecule has 2 aliphatic rings. The monoisotopic (exact) mass is 276 g/mol. The highest BCUT2D eigenvalue weighted by molar-refractivity contribution is 7.80. The molecule has 1 fully saturated rings. The van der Waals surface area contributed by atoms with E-state index >= 15 is 0 Å². The molecular formula is C14H16N2O2S. The van der Waals surface area contributed by atoms with Gasteiger partial charge in [-0.3, -0.25) is 4.90 Å². The van der Waals surface area contributed by atoms with Crippen molar-refractivity contribution in [2.75, 3.05) is 4.90 Å². The largest absolute Gasteiger partial charge is 0.435 e. The first-order valence-electron chi connectivity index (χ1n) is 6.27. The van der Waals surface area contributed by atoms with Gasteiger partial charge in [0.25, 0.3) is 0 Å². The van der Waals surface area contributed by atoms with Crippen LogP contribution >= 0.6 is 12.2 Å². The Morgan fingerprint density at radius 3 is 2.74 bits per heavy atom. The average Bonchev–Trinajstić information content (AvgIpc) is 2.25. The summed E-state index contributed by atoms with van der Waals surface area (Å²) in [7, 11) is 0. The molecular weight excluding hydrogens is 260 g/mol. The molecule has 2 heterocycles. The lowest BCUT2D eigenvalue weighted by atomic mass is 9.88. The number of carbonyl (C=O) groups is 1. The van der Waals surface area contributed by atoms with Crippen molar-refractivity contribution in [1.29, 1.82) is 0 Å². The van der Waals surface area contributed by atoms with Crippen molar-refractivity contribution < 1.29 is 9.53 Å². The molecule has 0 amide bonds. The minimum Gasteiger partial charge on any atom is -0.435 e. The third kappa shape index (κ3) is 1.80. The molecule has 0 spiro atoms. The molecule has 1 atom stereocenters. The normalized spacial score (nSPS) is 28.1. The Balaban J connectivity index is 2.16. The number of ether oxygens (including phenoxy) is 1. The van der Waals surface area contributed by atoms with Crippen LogP contribution in [0.4, 0.5) is 5.69 Å². The molecule has 0 bridgehead atoms. The highest BCUT2D eigenvalue weighted by atomic mass is 32.1. The molecule has 1 aromatic carbocycles. The van der Waals surface area contributed by atoms with Gasteiger partial charge in [-0.2, -0.15) is 0 Å². The minimum atomic E-state index is -0.725. The summed E-state index contributed by atoms with van der Waals surface area (Å²) in [4.78, 5) is 14.1. The summed E-state index contributed by atoms with van der Waals surface area (Å²) in [5.74, 6) is -0.283. The van der Waals surface area contributed by atoms with Gasteiger partial charge >= 0.3 is 5.97 Å². The molecule has 100 valence electrons. The molecule has 1 aromatic rings. The number of hydrogen-bond acceptors (Lipinski definition) is 3. The van der Waals surface area contributed by atoms with E-state index in [1.54, 1.807) is 6.07 Å². The van der Waals surface area contributed by atoms with E-state index in [4.69, 9.17) is 17.0 Å². The smallest absolute Gasteiger partial charge is 0.342 e. The number of benzene rings is 1. The fourth-order valence-corrected chi connectivity index (χ4v) is 3.61. The van der Waals surface area contributed by atoms with Crippen molar-refractivity contribution in [2.45, 2.75) is 38.5 Å². The molecule has 1 N–H and O–H groups in total.